The van der Waals surface area contributed by atoms with Gasteiger partial charge in [0, 0.05) is 4.88 Å². The van der Waals surface area contributed by atoms with Gasteiger partial charge < -0.3 is 10.5 Å². The fraction of sp³-hybridized carbons (Fsp3) is 0.500. The van der Waals surface area contributed by atoms with Gasteiger partial charge in [-0.2, -0.15) is 0 Å². The maximum absolute atomic E-state index is 11.6. The number of hydrogen-bond acceptors (Lipinski definition) is 4. The number of halogens is 1. The second-order valence-corrected chi connectivity index (χ2v) is 5.53. The predicted molar refractivity (Wildman–Crippen MR) is 71.5 cm³/mol. The number of thiophene rings is 1. The van der Waals surface area contributed by atoms with Crippen molar-refractivity contribution in [1.29, 1.82) is 0 Å². The first-order chi connectivity index (χ1) is 6.99. The van der Waals surface area contributed by atoms with Crippen molar-refractivity contribution in [3.8, 4) is 0 Å². The number of nitrogens with two attached hydrogens (primary N) is 1. The Bertz CT molecular complexity index is 374. The second kappa shape index (κ2) is 5.16. The van der Waals surface area contributed by atoms with Gasteiger partial charge in [-0.3, -0.25) is 0 Å². The Kier molecular flexibility index (Phi) is 4.39. The van der Waals surface area contributed by atoms with Crippen LogP contribution in [0.15, 0.2) is 0 Å². The zero-order chi connectivity index (χ0) is 11.6. The number of nitrogen functional groups attached to an aromatic ring is 1. The standard InChI is InChI=1S/C10H14INO2S/c1-4-14-10(13)9-6(11)7(12)8(15-9)5(2)3/h5H,4,12H2,1-3H3. The minimum absolute atomic E-state index is 0.273. The Morgan fingerprint density at radius 3 is 2.60 bits per heavy atom. The summed E-state index contributed by atoms with van der Waals surface area (Å²) in [6.07, 6.45) is 0. The summed E-state index contributed by atoms with van der Waals surface area (Å²) in [6, 6.07) is 0. The van der Waals surface area contributed by atoms with Crippen LogP contribution in [0.4, 0.5) is 5.69 Å². The lowest BCUT2D eigenvalue weighted by Crippen LogP contribution is -2.04. The highest BCUT2D eigenvalue weighted by Crippen LogP contribution is 2.37. The first kappa shape index (κ1) is 12.8. The van der Waals surface area contributed by atoms with Gasteiger partial charge in [-0.1, -0.05) is 13.8 Å². The van der Waals surface area contributed by atoms with Gasteiger partial charge in [0.2, 0.25) is 0 Å². The van der Waals surface area contributed by atoms with Crippen LogP contribution < -0.4 is 5.73 Å². The molecule has 0 fully saturated rings. The van der Waals surface area contributed by atoms with Crippen LogP contribution in [0.25, 0.3) is 0 Å². The molecule has 2 N–H and O–H groups in total. The summed E-state index contributed by atoms with van der Waals surface area (Å²) in [5, 5.41) is 0. The van der Waals surface area contributed by atoms with Gasteiger partial charge >= 0.3 is 5.97 Å². The molecule has 0 aliphatic rings. The summed E-state index contributed by atoms with van der Waals surface area (Å²) in [7, 11) is 0. The molecule has 1 rings (SSSR count). The maximum Gasteiger partial charge on any atom is 0.349 e. The van der Waals surface area contributed by atoms with Crippen LogP contribution >= 0.6 is 33.9 Å². The molecule has 0 atom stereocenters. The van der Waals surface area contributed by atoms with Crippen molar-refractivity contribution in [1.82, 2.24) is 0 Å². The van der Waals surface area contributed by atoms with E-state index in [4.69, 9.17) is 10.5 Å². The van der Waals surface area contributed by atoms with E-state index in [1.54, 1.807) is 6.92 Å². The number of rotatable bonds is 3. The summed E-state index contributed by atoms with van der Waals surface area (Å²) in [6.45, 7) is 6.31. The van der Waals surface area contributed by atoms with Crippen LogP contribution in [-0.4, -0.2) is 12.6 Å². The number of anilines is 1. The number of carbonyl (C=O) groups is 1. The van der Waals surface area contributed by atoms with Crippen molar-refractivity contribution < 1.29 is 9.53 Å². The van der Waals surface area contributed by atoms with E-state index in [2.05, 4.69) is 36.4 Å². The first-order valence-electron chi connectivity index (χ1n) is 4.73. The van der Waals surface area contributed by atoms with Crippen LogP contribution in [0.2, 0.25) is 0 Å². The molecule has 1 heterocycles. The van der Waals surface area contributed by atoms with E-state index in [1.807, 2.05) is 0 Å². The molecule has 3 nitrogen and oxygen atoms in total. The largest absolute Gasteiger partial charge is 0.462 e. The summed E-state index contributed by atoms with van der Waals surface area (Å²) in [5.74, 6) is 0.0668. The quantitative estimate of drug-likeness (QED) is 0.679. The number of carbonyl (C=O) groups excluding carboxylic acids is 1. The lowest BCUT2D eigenvalue weighted by molar-refractivity contribution is 0.0531. The minimum Gasteiger partial charge on any atom is -0.462 e. The lowest BCUT2D eigenvalue weighted by atomic mass is 10.1. The molecule has 84 valence electrons. The normalized spacial score (nSPS) is 10.7. The zero-order valence-electron chi connectivity index (χ0n) is 8.96. The van der Waals surface area contributed by atoms with Crippen molar-refractivity contribution in [2.75, 3.05) is 12.3 Å². The van der Waals surface area contributed by atoms with Crippen LogP contribution in [0.1, 0.15) is 41.2 Å². The molecule has 0 unspecified atom stereocenters. The van der Waals surface area contributed by atoms with E-state index in [9.17, 15) is 4.79 Å². The van der Waals surface area contributed by atoms with E-state index in [-0.39, 0.29) is 5.97 Å². The van der Waals surface area contributed by atoms with Crippen molar-refractivity contribution in [3.05, 3.63) is 13.3 Å². The summed E-state index contributed by atoms with van der Waals surface area (Å²) < 4.78 is 5.79. The maximum atomic E-state index is 11.6. The highest BCUT2D eigenvalue weighted by atomic mass is 127. The summed E-state index contributed by atoms with van der Waals surface area (Å²) in [5.41, 5.74) is 6.65. The van der Waals surface area contributed by atoms with Crippen molar-refractivity contribution in [2.24, 2.45) is 0 Å². The van der Waals surface area contributed by atoms with E-state index in [1.165, 1.54) is 11.3 Å². The van der Waals surface area contributed by atoms with E-state index in [0.717, 1.165) is 14.1 Å². The Balaban J connectivity index is 3.10. The summed E-state index contributed by atoms with van der Waals surface area (Å²) >= 11 is 3.53. The van der Waals surface area contributed by atoms with Crippen LogP contribution in [0.3, 0.4) is 0 Å². The Hall–Kier alpha value is -0.300. The van der Waals surface area contributed by atoms with Gasteiger partial charge in [-0.25, -0.2) is 4.79 Å². The Morgan fingerprint density at radius 1 is 1.60 bits per heavy atom. The SMILES string of the molecule is CCOC(=O)c1sc(C(C)C)c(N)c1I. The van der Waals surface area contributed by atoms with Crippen LogP contribution in [-0.2, 0) is 4.74 Å². The van der Waals surface area contributed by atoms with Gasteiger partial charge in [0.25, 0.3) is 0 Å². The molecule has 0 amide bonds. The highest BCUT2D eigenvalue weighted by molar-refractivity contribution is 14.1. The molecule has 1 aromatic heterocycles. The molecule has 0 spiro atoms. The van der Waals surface area contributed by atoms with E-state index < -0.39 is 0 Å². The van der Waals surface area contributed by atoms with Gasteiger partial charge in [0.15, 0.2) is 0 Å². The van der Waals surface area contributed by atoms with Gasteiger partial charge in [0.1, 0.15) is 4.88 Å². The van der Waals surface area contributed by atoms with Gasteiger partial charge in [-0.05, 0) is 35.4 Å². The monoisotopic (exact) mass is 339 g/mol. The third kappa shape index (κ3) is 2.63. The average molecular weight is 339 g/mol. The van der Waals surface area contributed by atoms with Crippen LogP contribution in [0.5, 0.6) is 0 Å². The third-order valence-corrected chi connectivity index (χ3v) is 4.87. The molecule has 15 heavy (non-hydrogen) atoms. The van der Waals surface area contributed by atoms with Crippen molar-refractivity contribution >= 4 is 45.6 Å². The molecule has 0 aliphatic heterocycles. The smallest absolute Gasteiger partial charge is 0.349 e. The van der Waals surface area contributed by atoms with E-state index in [0.29, 0.717) is 17.4 Å². The number of ether oxygens (including phenoxy) is 1. The van der Waals surface area contributed by atoms with Crippen molar-refractivity contribution in [3.63, 3.8) is 0 Å². The van der Waals surface area contributed by atoms with Crippen LogP contribution in [0, 0.1) is 3.57 Å². The molecule has 0 bridgehead atoms. The Morgan fingerprint density at radius 2 is 2.20 bits per heavy atom. The average Bonchev–Trinajstić information content (AvgIpc) is 2.45. The fourth-order valence-corrected chi connectivity index (χ4v) is 3.23. The summed E-state index contributed by atoms with van der Waals surface area (Å²) in [4.78, 5) is 13.3. The zero-order valence-corrected chi connectivity index (χ0v) is 11.9. The molecule has 0 radical (unpaired) electrons. The highest BCUT2D eigenvalue weighted by Gasteiger charge is 2.21. The number of hydrogen-bond donors (Lipinski definition) is 1. The molecule has 0 aliphatic carbocycles. The molecular weight excluding hydrogens is 325 g/mol. The molecule has 0 aromatic carbocycles. The molecule has 1 aromatic rings. The first-order valence-corrected chi connectivity index (χ1v) is 6.63. The number of esters is 1. The second-order valence-electron chi connectivity index (χ2n) is 3.40. The minimum atomic E-state index is -0.273. The molecular formula is C10H14INO2S. The topological polar surface area (TPSA) is 52.3 Å². The molecule has 0 saturated heterocycles. The third-order valence-electron chi connectivity index (χ3n) is 1.90. The van der Waals surface area contributed by atoms with Crippen molar-refractivity contribution in [2.45, 2.75) is 26.7 Å². The lowest BCUT2D eigenvalue weighted by Gasteiger charge is -2.01. The van der Waals surface area contributed by atoms with Gasteiger partial charge in [-0.15, -0.1) is 11.3 Å². The fourth-order valence-electron chi connectivity index (χ4n) is 1.20. The van der Waals surface area contributed by atoms with Gasteiger partial charge in [0.05, 0.1) is 15.9 Å². The van der Waals surface area contributed by atoms with E-state index >= 15 is 0 Å². The molecule has 5 heteroatoms. The predicted octanol–water partition coefficient (Wildman–Crippen LogP) is 3.24. The molecule has 0 saturated carbocycles. The Labute approximate surface area is 107 Å².